The van der Waals surface area contributed by atoms with Gasteiger partial charge in [-0.1, -0.05) is 29.8 Å². The Bertz CT molecular complexity index is 593. The third-order valence-electron chi connectivity index (χ3n) is 3.16. The second kappa shape index (κ2) is 6.25. The summed E-state index contributed by atoms with van der Waals surface area (Å²) in [5, 5.41) is 0.370. The van der Waals surface area contributed by atoms with Gasteiger partial charge in [-0.25, -0.2) is 4.39 Å². The normalized spacial score (nSPS) is 12.2. The van der Waals surface area contributed by atoms with Crippen LogP contribution in [0.4, 0.5) is 4.39 Å². The lowest BCUT2D eigenvalue weighted by atomic mass is 10.1. The van der Waals surface area contributed by atoms with E-state index in [1.165, 1.54) is 6.07 Å². The number of nitrogens with two attached hydrogens (primary N) is 1. The fraction of sp³-hybridized carbons (Fsp3) is 0.250. The first-order chi connectivity index (χ1) is 9.49. The summed E-state index contributed by atoms with van der Waals surface area (Å²) in [4.78, 5) is 0. The van der Waals surface area contributed by atoms with Crippen molar-refractivity contribution >= 4 is 11.6 Å². The van der Waals surface area contributed by atoms with E-state index in [0.717, 1.165) is 11.1 Å². The maximum atomic E-state index is 13.6. The summed E-state index contributed by atoms with van der Waals surface area (Å²) < 4.78 is 19.3. The number of halogens is 2. The minimum absolute atomic E-state index is 0.0243. The van der Waals surface area contributed by atoms with Crippen molar-refractivity contribution in [2.75, 3.05) is 0 Å². The molecule has 0 saturated heterocycles. The minimum atomic E-state index is -0.359. The number of rotatable bonds is 4. The largest absolute Gasteiger partial charge is 0.488 e. The molecule has 1 atom stereocenters. The van der Waals surface area contributed by atoms with E-state index in [4.69, 9.17) is 22.1 Å². The number of aryl methyl sites for hydroxylation is 1. The third-order valence-corrected chi connectivity index (χ3v) is 3.51. The van der Waals surface area contributed by atoms with Crippen LogP contribution in [0.2, 0.25) is 5.02 Å². The molecule has 2 nitrogen and oxygen atoms in total. The van der Waals surface area contributed by atoms with Gasteiger partial charge < -0.3 is 10.5 Å². The van der Waals surface area contributed by atoms with Crippen LogP contribution in [0.1, 0.15) is 29.7 Å². The molecule has 0 bridgehead atoms. The van der Waals surface area contributed by atoms with Gasteiger partial charge in [0.15, 0.2) is 0 Å². The maximum Gasteiger partial charge on any atom is 0.131 e. The Hall–Kier alpha value is -1.58. The molecule has 0 heterocycles. The molecule has 0 unspecified atom stereocenters. The monoisotopic (exact) mass is 293 g/mol. The Morgan fingerprint density at radius 1 is 1.30 bits per heavy atom. The van der Waals surface area contributed by atoms with Crippen molar-refractivity contribution in [3.05, 3.63) is 63.9 Å². The zero-order valence-electron chi connectivity index (χ0n) is 11.5. The summed E-state index contributed by atoms with van der Waals surface area (Å²) in [5.74, 6) is 0.344. The van der Waals surface area contributed by atoms with Crippen LogP contribution in [0.15, 0.2) is 36.4 Å². The van der Waals surface area contributed by atoms with Gasteiger partial charge in [0.2, 0.25) is 0 Å². The number of hydrogen-bond donors (Lipinski definition) is 1. The van der Waals surface area contributed by atoms with Gasteiger partial charge in [-0.3, -0.25) is 0 Å². The van der Waals surface area contributed by atoms with E-state index in [1.807, 2.05) is 32.0 Å². The number of benzene rings is 2. The SMILES string of the molecule is Cc1cc([C@@H](C)N)ccc1OCc1c(F)cccc1Cl. The molecular formula is C16H17ClFNO. The molecule has 106 valence electrons. The topological polar surface area (TPSA) is 35.2 Å². The van der Waals surface area contributed by atoms with E-state index in [1.54, 1.807) is 12.1 Å². The molecule has 0 fully saturated rings. The highest BCUT2D eigenvalue weighted by Gasteiger charge is 2.09. The zero-order valence-corrected chi connectivity index (χ0v) is 12.2. The van der Waals surface area contributed by atoms with Crippen LogP contribution in [0.25, 0.3) is 0 Å². The molecule has 0 aliphatic rings. The Morgan fingerprint density at radius 3 is 2.65 bits per heavy atom. The second-order valence-electron chi connectivity index (χ2n) is 4.80. The molecule has 0 aliphatic heterocycles. The first-order valence-corrected chi connectivity index (χ1v) is 6.78. The molecule has 0 aromatic heterocycles. The molecule has 0 spiro atoms. The predicted molar refractivity (Wildman–Crippen MR) is 79.5 cm³/mol. The van der Waals surface area contributed by atoms with Crippen molar-refractivity contribution < 1.29 is 9.13 Å². The Kier molecular flexibility index (Phi) is 4.63. The number of hydrogen-bond acceptors (Lipinski definition) is 2. The van der Waals surface area contributed by atoms with Crippen LogP contribution in [-0.2, 0) is 6.61 Å². The lowest BCUT2D eigenvalue weighted by Gasteiger charge is -2.13. The molecule has 2 aromatic carbocycles. The molecular weight excluding hydrogens is 277 g/mol. The van der Waals surface area contributed by atoms with E-state index in [0.29, 0.717) is 16.3 Å². The van der Waals surface area contributed by atoms with Gasteiger partial charge in [-0.05, 0) is 43.2 Å². The van der Waals surface area contributed by atoms with Gasteiger partial charge in [0, 0.05) is 11.6 Å². The highest BCUT2D eigenvalue weighted by molar-refractivity contribution is 6.31. The van der Waals surface area contributed by atoms with E-state index < -0.39 is 0 Å². The van der Waals surface area contributed by atoms with Crippen molar-refractivity contribution in [1.82, 2.24) is 0 Å². The molecule has 0 radical (unpaired) electrons. The Balaban J connectivity index is 2.15. The van der Waals surface area contributed by atoms with Crippen LogP contribution in [0, 0.1) is 12.7 Å². The van der Waals surface area contributed by atoms with E-state index in [2.05, 4.69) is 0 Å². The van der Waals surface area contributed by atoms with Gasteiger partial charge >= 0.3 is 0 Å². The Labute approximate surface area is 123 Å². The fourth-order valence-corrected chi connectivity index (χ4v) is 2.16. The predicted octanol–water partition coefficient (Wildman–Crippen LogP) is 4.39. The van der Waals surface area contributed by atoms with Crippen molar-refractivity contribution in [3.63, 3.8) is 0 Å². The quantitative estimate of drug-likeness (QED) is 0.907. The van der Waals surface area contributed by atoms with E-state index in [9.17, 15) is 4.39 Å². The molecule has 0 amide bonds. The summed E-state index contributed by atoms with van der Waals surface area (Å²) in [6.07, 6.45) is 0. The third kappa shape index (κ3) is 3.30. The number of ether oxygens (including phenoxy) is 1. The molecule has 2 aromatic rings. The summed E-state index contributed by atoms with van der Waals surface area (Å²) in [6.45, 7) is 3.96. The van der Waals surface area contributed by atoms with E-state index in [-0.39, 0.29) is 18.5 Å². The van der Waals surface area contributed by atoms with Gasteiger partial charge in [0.25, 0.3) is 0 Å². The van der Waals surface area contributed by atoms with E-state index >= 15 is 0 Å². The molecule has 0 saturated carbocycles. The summed E-state index contributed by atoms with van der Waals surface area (Å²) in [7, 11) is 0. The van der Waals surface area contributed by atoms with Gasteiger partial charge in [-0.15, -0.1) is 0 Å². The highest BCUT2D eigenvalue weighted by atomic mass is 35.5. The van der Waals surface area contributed by atoms with Crippen molar-refractivity contribution in [2.45, 2.75) is 26.5 Å². The fourth-order valence-electron chi connectivity index (χ4n) is 1.94. The smallest absolute Gasteiger partial charge is 0.131 e. The average Bonchev–Trinajstić information content (AvgIpc) is 2.39. The van der Waals surface area contributed by atoms with Crippen LogP contribution in [0.5, 0.6) is 5.75 Å². The van der Waals surface area contributed by atoms with Crippen molar-refractivity contribution in [3.8, 4) is 5.75 Å². The molecule has 2 N–H and O–H groups in total. The van der Waals surface area contributed by atoms with Gasteiger partial charge in [0.1, 0.15) is 18.2 Å². The Morgan fingerprint density at radius 2 is 2.05 bits per heavy atom. The molecule has 0 aliphatic carbocycles. The molecule has 4 heteroatoms. The first kappa shape index (κ1) is 14.8. The van der Waals surface area contributed by atoms with Gasteiger partial charge in [-0.2, -0.15) is 0 Å². The average molecular weight is 294 g/mol. The highest BCUT2D eigenvalue weighted by Crippen LogP contribution is 2.25. The molecule has 2 rings (SSSR count). The van der Waals surface area contributed by atoms with Gasteiger partial charge in [0.05, 0.1) is 5.02 Å². The van der Waals surface area contributed by atoms with Crippen LogP contribution in [0.3, 0.4) is 0 Å². The lowest BCUT2D eigenvalue weighted by molar-refractivity contribution is 0.298. The standard InChI is InChI=1S/C16H17ClFNO/c1-10-8-12(11(2)19)6-7-16(10)20-9-13-14(17)4-3-5-15(13)18/h3-8,11H,9,19H2,1-2H3/t11-/m1/s1. The maximum absolute atomic E-state index is 13.6. The second-order valence-corrected chi connectivity index (χ2v) is 5.21. The summed E-state index contributed by atoms with van der Waals surface area (Å²) in [6, 6.07) is 10.3. The van der Waals surface area contributed by atoms with Crippen molar-refractivity contribution in [2.24, 2.45) is 5.73 Å². The van der Waals surface area contributed by atoms with Crippen LogP contribution < -0.4 is 10.5 Å². The lowest BCUT2D eigenvalue weighted by Crippen LogP contribution is -2.06. The van der Waals surface area contributed by atoms with Crippen LogP contribution >= 0.6 is 11.6 Å². The summed E-state index contributed by atoms with van der Waals surface area (Å²) in [5.41, 5.74) is 8.20. The van der Waals surface area contributed by atoms with Crippen molar-refractivity contribution in [1.29, 1.82) is 0 Å². The molecule has 20 heavy (non-hydrogen) atoms. The zero-order chi connectivity index (χ0) is 14.7. The summed E-state index contributed by atoms with van der Waals surface area (Å²) >= 11 is 5.97. The first-order valence-electron chi connectivity index (χ1n) is 6.41. The minimum Gasteiger partial charge on any atom is -0.488 e. The van der Waals surface area contributed by atoms with Crippen LogP contribution in [-0.4, -0.2) is 0 Å².